The molecule has 0 radical (unpaired) electrons. The number of carbonyl (C=O) groups excluding carboxylic acids is 2. The third-order valence-corrected chi connectivity index (χ3v) is 3.36. The Kier molecular flexibility index (Phi) is 3.72. The zero-order valence-corrected chi connectivity index (χ0v) is 12.2. The van der Waals surface area contributed by atoms with E-state index in [2.05, 4.69) is 0 Å². The maximum absolute atomic E-state index is 12.6. The number of primary amides is 1. The number of nitrogen functional groups attached to an aromatic ring is 1. The Labute approximate surface area is 132 Å². The van der Waals surface area contributed by atoms with Crippen LogP contribution in [0.2, 0.25) is 0 Å². The summed E-state index contributed by atoms with van der Waals surface area (Å²) in [4.78, 5) is 25.2. The Balaban J connectivity index is 2.06. The van der Waals surface area contributed by atoms with Crippen molar-refractivity contribution >= 4 is 29.3 Å². The molecule has 2 aromatic rings. The summed E-state index contributed by atoms with van der Waals surface area (Å²) in [5.41, 5.74) is 12.8. The number of hydrogen-bond donors (Lipinski definition) is 2. The number of rotatable bonds is 3. The van der Waals surface area contributed by atoms with Crippen LogP contribution in [-0.4, -0.2) is 18.4 Å². The Morgan fingerprint density at radius 1 is 1.17 bits per heavy atom. The molecule has 1 aliphatic heterocycles. The van der Waals surface area contributed by atoms with Crippen molar-refractivity contribution in [2.24, 2.45) is 5.73 Å². The number of carbonyl (C=O) groups is 2. The molecule has 0 aliphatic carbocycles. The van der Waals surface area contributed by atoms with Gasteiger partial charge in [0.25, 0.3) is 5.91 Å². The number of fused-ring (bicyclic) bond motifs is 1. The lowest BCUT2D eigenvalue weighted by Crippen LogP contribution is -2.42. The molecule has 2 amide bonds. The molecule has 0 fully saturated rings. The van der Waals surface area contributed by atoms with Crippen LogP contribution >= 0.6 is 0 Å². The normalized spacial score (nSPS) is 15.2. The van der Waals surface area contributed by atoms with E-state index in [9.17, 15) is 9.59 Å². The molecule has 116 valence electrons. The van der Waals surface area contributed by atoms with Gasteiger partial charge in [0.1, 0.15) is 6.54 Å². The fourth-order valence-corrected chi connectivity index (χ4v) is 2.34. The first-order valence-electron chi connectivity index (χ1n) is 6.99. The van der Waals surface area contributed by atoms with E-state index in [1.807, 2.05) is 30.3 Å². The minimum Gasteiger partial charge on any atom is -0.449 e. The summed E-state index contributed by atoms with van der Waals surface area (Å²) in [7, 11) is 0. The molecule has 0 spiro atoms. The van der Waals surface area contributed by atoms with Gasteiger partial charge in [0.15, 0.2) is 11.5 Å². The molecule has 1 aliphatic rings. The van der Waals surface area contributed by atoms with Crippen molar-refractivity contribution in [3.8, 4) is 5.75 Å². The minimum absolute atomic E-state index is 0.107. The van der Waals surface area contributed by atoms with Crippen LogP contribution in [0.3, 0.4) is 0 Å². The van der Waals surface area contributed by atoms with Gasteiger partial charge in [-0.25, -0.2) is 0 Å². The third kappa shape index (κ3) is 3.01. The first kappa shape index (κ1) is 14.6. The van der Waals surface area contributed by atoms with Crippen LogP contribution in [0.1, 0.15) is 5.56 Å². The van der Waals surface area contributed by atoms with E-state index >= 15 is 0 Å². The fraction of sp³-hybridized carbons (Fsp3) is 0.0588. The molecule has 6 heteroatoms. The molecule has 0 saturated carbocycles. The van der Waals surface area contributed by atoms with Gasteiger partial charge in [-0.2, -0.15) is 0 Å². The molecule has 0 unspecified atom stereocenters. The number of nitrogens with zero attached hydrogens (tertiary/aromatic N) is 1. The monoisotopic (exact) mass is 309 g/mol. The Morgan fingerprint density at radius 3 is 2.61 bits per heavy atom. The van der Waals surface area contributed by atoms with Crippen LogP contribution in [0.4, 0.5) is 11.4 Å². The van der Waals surface area contributed by atoms with Crippen molar-refractivity contribution in [1.82, 2.24) is 0 Å². The van der Waals surface area contributed by atoms with Gasteiger partial charge in [0.2, 0.25) is 5.91 Å². The second-order valence-corrected chi connectivity index (χ2v) is 5.11. The molecule has 0 saturated heterocycles. The third-order valence-electron chi connectivity index (χ3n) is 3.36. The lowest BCUT2D eigenvalue weighted by atomic mass is 10.1. The molecule has 0 atom stereocenters. The van der Waals surface area contributed by atoms with Crippen molar-refractivity contribution in [2.45, 2.75) is 0 Å². The second kappa shape index (κ2) is 5.84. The van der Waals surface area contributed by atoms with Crippen LogP contribution in [0.5, 0.6) is 5.75 Å². The predicted octanol–water partition coefficient (Wildman–Crippen LogP) is 1.52. The van der Waals surface area contributed by atoms with Crippen LogP contribution in [0.25, 0.3) is 6.08 Å². The van der Waals surface area contributed by atoms with Gasteiger partial charge in [0.05, 0.1) is 5.69 Å². The quantitative estimate of drug-likeness (QED) is 0.663. The van der Waals surface area contributed by atoms with Gasteiger partial charge in [-0.3, -0.25) is 14.5 Å². The maximum atomic E-state index is 12.6. The Morgan fingerprint density at radius 2 is 1.91 bits per heavy atom. The molecule has 6 nitrogen and oxygen atoms in total. The zero-order valence-electron chi connectivity index (χ0n) is 12.2. The van der Waals surface area contributed by atoms with Gasteiger partial charge in [-0.15, -0.1) is 0 Å². The molecule has 23 heavy (non-hydrogen) atoms. The van der Waals surface area contributed by atoms with E-state index in [1.165, 1.54) is 4.90 Å². The van der Waals surface area contributed by atoms with Gasteiger partial charge in [-0.05, 0) is 23.8 Å². The summed E-state index contributed by atoms with van der Waals surface area (Å²) in [5.74, 6) is -0.518. The van der Waals surface area contributed by atoms with Crippen LogP contribution in [0.15, 0.2) is 54.3 Å². The van der Waals surface area contributed by atoms with Crippen molar-refractivity contribution in [1.29, 1.82) is 0 Å². The topological polar surface area (TPSA) is 98.7 Å². The van der Waals surface area contributed by atoms with Gasteiger partial charge in [0, 0.05) is 11.8 Å². The molecular formula is C17H15N3O3. The largest absolute Gasteiger partial charge is 0.449 e. The SMILES string of the molecule is NC(=O)CN1C(=O)/C(=C\c2ccccc2)Oc2cc(N)ccc21. The molecule has 4 N–H and O–H groups in total. The summed E-state index contributed by atoms with van der Waals surface area (Å²) >= 11 is 0. The van der Waals surface area contributed by atoms with E-state index in [1.54, 1.807) is 24.3 Å². The van der Waals surface area contributed by atoms with Crippen LogP contribution in [-0.2, 0) is 9.59 Å². The Hall–Kier alpha value is -3.28. The average Bonchev–Trinajstić information content (AvgIpc) is 2.52. The van der Waals surface area contributed by atoms with Gasteiger partial charge < -0.3 is 16.2 Å². The predicted molar refractivity (Wildman–Crippen MR) is 87.4 cm³/mol. The van der Waals surface area contributed by atoms with Crippen LogP contribution < -0.4 is 21.1 Å². The molecule has 2 aromatic carbocycles. The summed E-state index contributed by atoms with van der Waals surface area (Å²) in [6, 6.07) is 14.1. The van der Waals surface area contributed by atoms with E-state index in [0.29, 0.717) is 17.1 Å². The standard InChI is InChI=1S/C17H15N3O3/c18-12-6-7-13-14(9-12)23-15(8-11-4-2-1-3-5-11)17(22)20(13)10-16(19)21/h1-9H,10,18H2,(H2,19,21)/b15-8+. The molecule has 1 heterocycles. The smallest absolute Gasteiger partial charge is 0.294 e. The number of hydrogen-bond acceptors (Lipinski definition) is 4. The van der Waals surface area contributed by atoms with Gasteiger partial charge in [-0.1, -0.05) is 30.3 Å². The van der Waals surface area contributed by atoms with Gasteiger partial charge >= 0.3 is 0 Å². The number of ether oxygens (including phenoxy) is 1. The molecule has 0 bridgehead atoms. The number of anilines is 2. The summed E-state index contributed by atoms with van der Waals surface area (Å²) < 4.78 is 5.68. The van der Waals surface area contributed by atoms with Crippen molar-refractivity contribution < 1.29 is 14.3 Å². The second-order valence-electron chi connectivity index (χ2n) is 5.11. The first-order chi connectivity index (χ1) is 11.0. The highest BCUT2D eigenvalue weighted by molar-refractivity contribution is 6.12. The highest BCUT2D eigenvalue weighted by Gasteiger charge is 2.31. The number of amides is 2. The maximum Gasteiger partial charge on any atom is 0.294 e. The Bertz CT molecular complexity index is 800. The lowest BCUT2D eigenvalue weighted by Gasteiger charge is -2.29. The van der Waals surface area contributed by atoms with E-state index in [0.717, 1.165) is 5.56 Å². The summed E-state index contributed by atoms with van der Waals surface area (Å²) in [5, 5.41) is 0. The highest BCUT2D eigenvalue weighted by atomic mass is 16.5. The summed E-state index contributed by atoms with van der Waals surface area (Å²) in [6.45, 7) is -0.231. The van der Waals surface area contributed by atoms with E-state index in [-0.39, 0.29) is 12.3 Å². The van der Waals surface area contributed by atoms with Crippen molar-refractivity contribution in [3.05, 3.63) is 59.9 Å². The highest BCUT2D eigenvalue weighted by Crippen LogP contribution is 2.37. The van der Waals surface area contributed by atoms with E-state index < -0.39 is 11.8 Å². The molecular weight excluding hydrogens is 294 g/mol. The summed E-state index contributed by atoms with van der Waals surface area (Å²) in [6.07, 6.45) is 1.61. The zero-order chi connectivity index (χ0) is 16.4. The lowest BCUT2D eigenvalue weighted by molar-refractivity contribution is -0.121. The number of benzene rings is 2. The first-order valence-corrected chi connectivity index (χ1v) is 6.99. The minimum atomic E-state index is -0.609. The fourth-order valence-electron chi connectivity index (χ4n) is 2.34. The molecule has 3 rings (SSSR count). The molecule has 0 aromatic heterocycles. The van der Waals surface area contributed by atoms with Crippen molar-refractivity contribution in [2.75, 3.05) is 17.2 Å². The average molecular weight is 309 g/mol. The van der Waals surface area contributed by atoms with Crippen molar-refractivity contribution in [3.63, 3.8) is 0 Å². The number of nitrogens with two attached hydrogens (primary N) is 2. The van der Waals surface area contributed by atoms with Crippen LogP contribution in [0, 0.1) is 0 Å². The van der Waals surface area contributed by atoms with E-state index in [4.69, 9.17) is 16.2 Å².